The SMILES string of the molecule is CC/C=C\C/C=C\C/C=C\C/C=C\C/C=C\CCCCCCCCCCCCCCCCCC(=O)OC(COC(=O)CCCCCCCCCCCCCCCCCCCCCCCCCC)COP(=O)(O)OCC[N+](C)(C)C. The zero-order valence-corrected chi connectivity index (χ0v) is 53.5. The van der Waals surface area contributed by atoms with Gasteiger partial charge in [-0.15, -0.1) is 0 Å². The quantitative estimate of drug-likeness (QED) is 0.0211. The molecule has 0 aromatic rings. The number of rotatable bonds is 62. The van der Waals surface area contributed by atoms with Crippen LogP contribution in [0.1, 0.15) is 316 Å². The molecule has 0 aliphatic rings. The molecule has 0 bridgehead atoms. The minimum atomic E-state index is -4.39. The minimum absolute atomic E-state index is 0.0327. The van der Waals surface area contributed by atoms with Gasteiger partial charge < -0.3 is 18.9 Å². The van der Waals surface area contributed by atoms with Gasteiger partial charge in [0.2, 0.25) is 0 Å². The van der Waals surface area contributed by atoms with Crippen molar-refractivity contribution in [1.29, 1.82) is 0 Å². The van der Waals surface area contributed by atoms with E-state index in [0.29, 0.717) is 23.9 Å². The van der Waals surface area contributed by atoms with Gasteiger partial charge in [0, 0.05) is 12.8 Å². The van der Waals surface area contributed by atoms with Crippen LogP contribution in [0, 0.1) is 0 Å². The number of unbranched alkanes of at least 4 members (excludes halogenated alkanes) is 38. The molecule has 2 atom stereocenters. The maximum Gasteiger partial charge on any atom is 0.472 e. The van der Waals surface area contributed by atoms with Gasteiger partial charge in [-0.25, -0.2) is 4.57 Å². The Bertz CT molecular complexity index is 1520. The van der Waals surface area contributed by atoms with Gasteiger partial charge in [-0.3, -0.25) is 18.6 Å². The number of carbonyl (C=O) groups is 2. The molecule has 10 heteroatoms. The first kappa shape index (κ1) is 76.7. The Morgan fingerprint density at radius 1 is 0.405 bits per heavy atom. The van der Waals surface area contributed by atoms with Gasteiger partial charge in [-0.05, 0) is 57.8 Å². The molecule has 0 saturated carbocycles. The second-order valence-electron chi connectivity index (χ2n) is 23.8. The molecule has 0 spiro atoms. The topological polar surface area (TPSA) is 108 Å². The molecule has 462 valence electrons. The van der Waals surface area contributed by atoms with E-state index in [1.165, 1.54) is 218 Å². The van der Waals surface area contributed by atoms with E-state index in [2.05, 4.69) is 74.6 Å². The van der Waals surface area contributed by atoms with Gasteiger partial charge in [0.15, 0.2) is 6.10 Å². The predicted molar refractivity (Wildman–Crippen MR) is 340 cm³/mol. The van der Waals surface area contributed by atoms with Crippen molar-refractivity contribution in [3.63, 3.8) is 0 Å². The monoisotopic (exact) mass is 1130 g/mol. The third kappa shape index (κ3) is 64.7. The van der Waals surface area contributed by atoms with E-state index < -0.39 is 26.5 Å². The van der Waals surface area contributed by atoms with Gasteiger partial charge in [0.25, 0.3) is 0 Å². The summed E-state index contributed by atoms with van der Waals surface area (Å²) < 4.78 is 34.7. The van der Waals surface area contributed by atoms with E-state index in [4.69, 9.17) is 18.5 Å². The average molecular weight is 1130 g/mol. The van der Waals surface area contributed by atoms with Crippen LogP contribution in [0.4, 0.5) is 0 Å². The van der Waals surface area contributed by atoms with Crippen molar-refractivity contribution in [2.75, 3.05) is 47.5 Å². The summed E-state index contributed by atoms with van der Waals surface area (Å²) in [5.41, 5.74) is 0. The van der Waals surface area contributed by atoms with Crippen molar-refractivity contribution in [1.82, 2.24) is 0 Å². The Morgan fingerprint density at radius 2 is 0.722 bits per heavy atom. The van der Waals surface area contributed by atoms with E-state index in [0.717, 1.165) is 64.2 Å². The summed E-state index contributed by atoms with van der Waals surface area (Å²) in [5, 5.41) is 0. The Labute approximate surface area is 489 Å². The fourth-order valence-corrected chi connectivity index (χ4v) is 10.4. The molecule has 0 aliphatic heterocycles. The highest BCUT2D eigenvalue weighted by molar-refractivity contribution is 7.47. The molecule has 0 amide bonds. The first-order valence-corrected chi connectivity index (χ1v) is 35.0. The zero-order chi connectivity index (χ0) is 57.7. The summed E-state index contributed by atoms with van der Waals surface area (Å²) in [6.45, 7) is 4.38. The number of hydrogen-bond donors (Lipinski definition) is 1. The normalized spacial score (nSPS) is 13.5. The van der Waals surface area contributed by atoms with Gasteiger partial charge in [-0.2, -0.15) is 0 Å². The van der Waals surface area contributed by atoms with Crippen molar-refractivity contribution in [3.05, 3.63) is 60.8 Å². The second-order valence-corrected chi connectivity index (χ2v) is 25.3. The fraction of sp³-hybridized carbons (Fsp3) is 0.826. The van der Waals surface area contributed by atoms with Crippen LogP contribution >= 0.6 is 7.82 Å². The summed E-state index contributed by atoms with van der Waals surface area (Å²) in [6.07, 6.45) is 78.8. The number of allylic oxidation sites excluding steroid dienone is 10. The zero-order valence-electron chi connectivity index (χ0n) is 52.6. The number of phosphoric ester groups is 1. The molecule has 9 nitrogen and oxygen atoms in total. The van der Waals surface area contributed by atoms with Crippen LogP contribution in [-0.2, 0) is 32.7 Å². The molecule has 0 aromatic carbocycles. The van der Waals surface area contributed by atoms with Crippen LogP contribution in [-0.4, -0.2) is 74.9 Å². The number of phosphoric acid groups is 1. The van der Waals surface area contributed by atoms with Crippen LogP contribution in [0.15, 0.2) is 60.8 Å². The number of carbonyl (C=O) groups excluding carboxylic acids is 2. The maximum atomic E-state index is 12.9. The molecule has 0 aromatic heterocycles. The summed E-state index contributed by atoms with van der Waals surface area (Å²) in [5.74, 6) is -0.782. The third-order valence-corrected chi connectivity index (χ3v) is 15.8. The molecular formula is C69H129NO8P+. The molecule has 0 saturated heterocycles. The van der Waals surface area contributed by atoms with Crippen molar-refractivity contribution in [2.24, 2.45) is 0 Å². The molecule has 0 rings (SSSR count). The standard InChI is InChI=1S/C69H128NO8P/c1-6-8-10-12-14-16-18-20-22-24-26-28-30-32-33-34-35-36-37-38-40-42-44-46-48-50-52-54-56-58-60-62-69(72)78-67(66-77-79(73,74)76-64-63-70(3,4)5)65-75-68(71)61-59-57-55-53-51-49-47-45-43-41-39-31-29-27-25-23-21-19-17-15-13-11-9-7-2/h8,10,14,16,20,22,26,28,32-33,67H,6-7,9,11-13,15,17-19,21,23-25,27,29-31,34-66H2,1-5H3/p+1/b10-8-,16-14-,22-20-,28-26-,33-32-. The molecule has 0 fully saturated rings. The first-order chi connectivity index (χ1) is 38.5. The van der Waals surface area contributed by atoms with E-state index in [-0.39, 0.29) is 25.6 Å². The molecule has 1 N–H and O–H groups in total. The fourth-order valence-electron chi connectivity index (χ4n) is 9.69. The van der Waals surface area contributed by atoms with Crippen molar-refractivity contribution in [2.45, 2.75) is 322 Å². The van der Waals surface area contributed by atoms with Crippen LogP contribution in [0.25, 0.3) is 0 Å². The Hall–Kier alpha value is -2.29. The Kier molecular flexibility index (Phi) is 58.6. The molecular weight excluding hydrogens is 1000 g/mol. The minimum Gasteiger partial charge on any atom is -0.462 e. The third-order valence-electron chi connectivity index (χ3n) is 14.8. The molecule has 0 radical (unpaired) electrons. The van der Waals surface area contributed by atoms with E-state index >= 15 is 0 Å². The maximum absolute atomic E-state index is 12.9. The first-order valence-electron chi connectivity index (χ1n) is 33.5. The largest absolute Gasteiger partial charge is 0.472 e. The lowest BCUT2D eigenvalue weighted by Crippen LogP contribution is -2.37. The van der Waals surface area contributed by atoms with Crippen LogP contribution < -0.4 is 0 Å². The van der Waals surface area contributed by atoms with E-state index in [1.807, 2.05) is 21.1 Å². The number of likely N-dealkylation sites (N-methyl/N-ethyl adjacent to an activating group) is 1. The van der Waals surface area contributed by atoms with Crippen molar-refractivity contribution in [3.8, 4) is 0 Å². The molecule has 0 aliphatic carbocycles. The van der Waals surface area contributed by atoms with Gasteiger partial charge in [-0.1, -0.05) is 306 Å². The van der Waals surface area contributed by atoms with E-state index in [1.54, 1.807) is 0 Å². The highest BCUT2D eigenvalue weighted by atomic mass is 31.2. The summed E-state index contributed by atoms with van der Waals surface area (Å²) in [6, 6.07) is 0. The van der Waals surface area contributed by atoms with Gasteiger partial charge in [0.1, 0.15) is 19.8 Å². The smallest absolute Gasteiger partial charge is 0.462 e. The highest BCUT2D eigenvalue weighted by Gasteiger charge is 2.27. The highest BCUT2D eigenvalue weighted by Crippen LogP contribution is 2.43. The lowest BCUT2D eigenvalue weighted by molar-refractivity contribution is -0.870. The van der Waals surface area contributed by atoms with Crippen LogP contribution in [0.3, 0.4) is 0 Å². The van der Waals surface area contributed by atoms with Gasteiger partial charge in [0.05, 0.1) is 27.7 Å². The number of ether oxygens (including phenoxy) is 2. The summed E-state index contributed by atoms with van der Waals surface area (Å²) in [4.78, 5) is 35.8. The molecule has 0 heterocycles. The lowest BCUT2D eigenvalue weighted by Gasteiger charge is -2.24. The second kappa shape index (κ2) is 60.3. The number of hydrogen-bond acceptors (Lipinski definition) is 7. The van der Waals surface area contributed by atoms with Crippen LogP contribution in [0.2, 0.25) is 0 Å². The average Bonchev–Trinajstić information content (AvgIpc) is 3.41. The van der Waals surface area contributed by atoms with Gasteiger partial charge >= 0.3 is 19.8 Å². The summed E-state index contributed by atoms with van der Waals surface area (Å²) in [7, 11) is 1.49. The Morgan fingerprint density at radius 3 is 1.08 bits per heavy atom. The van der Waals surface area contributed by atoms with Crippen molar-refractivity contribution < 1.29 is 42.1 Å². The number of nitrogens with zero attached hydrogens (tertiary/aromatic N) is 1. The lowest BCUT2D eigenvalue weighted by atomic mass is 10.0. The van der Waals surface area contributed by atoms with Crippen LogP contribution in [0.5, 0.6) is 0 Å². The number of quaternary nitrogens is 1. The number of esters is 2. The van der Waals surface area contributed by atoms with Crippen molar-refractivity contribution >= 4 is 19.8 Å². The molecule has 79 heavy (non-hydrogen) atoms. The van der Waals surface area contributed by atoms with E-state index in [9.17, 15) is 19.0 Å². The molecule has 2 unspecified atom stereocenters. The summed E-state index contributed by atoms with van der Waals surface area (Å²) >= 11 is 0. The Balaban J connectivity index is 4.04. The predicted octanol–water partition coefficient (Wildman–Crippen LogP) is 21.4.